The molecule has 0 bridgehead atoms. The number of nitrogens with zero attached hydrogens (tertiary/aromatic N) is 1. The highest BCUT2D eigenvalue weighted by Gasteiger charge is 2.32. The Balaban J connectivity index is 3.02. The number of rotatable bonds is 5. The Bertz CT molecular complexity index is 524. The van der Waals surface area contributed by atoms with Gasteiger partial charge >= 0.3 is 0 Å². The van der Waals surface area contributed by atoms with Gasteiger partial charge in [0.2, 0.25) is 15.9 Å². The third-order valence-electron chi connectivity index (χ3n) is 3.05. The lowest BCUT2D eigenvalue weighted by Gasteiger charge is -2.23. The Kier molecular flexibility index (Phi) is 4.21. The molecule has 0 fully saturated rings. The van der Waals surface area contributed by atoms with Crippen LogP contribution in [0.4, 0.5) is 5.69 Å². The van der Waals surface area contributed by atoms with Gasteiger partial charge in [0.25, 0.3) is 0 Å². The van der Waals surface area contributed by atoms with Crippen LogP contribution < -0.4 is 9.46 Å². The summed E-state index contributed by atoms with van der Waals surface area (Å²) in [6.45, 7) is 7.05. The Morgan fingerprint density at radius 2 is 2.06 bits per heavy atom. The van der Waals surface area contributed by atoms with Gasteiger partial charge in [-0.05, 0) is 33.3 Å². The quantitative estimate of drug-likeness (QED) is 0.893. The van der Waals surface area contributed by atoms with Gasteiger partial charge in [0.1, 0.15) is 0 Å². The summed E-state index contributed by atoms with van der Waals surface area (Å²) in [7, 11) is -1.90. The summed E-state index contributed by atoms with van der Waals surface area (Å²) < 4.78 is 31.1. The number of aryl methyl sites for hydroxylation is 1. The molecule has 0 aromatic carbocycles. The molecular weight excluding hydrogens is 252 g/mol. The van der Waals surface area contributed by atoms with Gasteiger partial charge in [-0.1, -0.05) is 6.92 Å². The largest absolute Gasteiger partial charge is 0.481 e. The average Bonchev–Trinajstić information content (AvgIpc) is 2.28. The smallest absolute Gasteiger partial charge is 0.237 e. The monoisotopic (exact) mass is 272 g/mol. The molecule has 1 aromatic rings. The van der Waals surface area contributed by atoms with Crippen LogP contribution in [0, 0.1) is 6.92 Å². The Hall–Kier alpha value is -1.30. The van der Waals surface area contributed by atoms with Crippen LogP contribution >= 0.6 is 0 Å². The van der Waals surface area contributed by atoms with Crippen LogP contribution in [-0.2, 0) is 10.0 Å². The van der Waals surface area contributed by atoms with Crippen LogP contribution in [0.5, 0.6) is 5.88 Å². The van der Waals surface area contributed by atoms with E-state index in [9.17, 15) is 8.42 Å². The number of hydrogen-bond donors (Lipinski definition) is 1. The van der Waals surface area contributed by atoms with E-state index >= 15 is 0 Å². The van der Waals surface area contributed by atoms with Crippen LogP contribution in [0.15, 0.2) is 12.3 Å². The van der Waals surface area contributed by atoms with Crippen molar-refractivity contribution in [2.75, 3.05) is 11.8 Å². The summed E-state index contributed by atoms with van der Waals surface area (Å²) >= 11 is 0. The molecular formula is C12H20N2O3S. The fraction of sp³-hybridized carbons (Fsp3) is 0.583. The lowest BCUT2D eigenvalue weighted by Crippen LogP contribution is -2.36. The van der Waals surface area contributed by atoms with Crippen molar-refractivity contribution in [1.82, 2.24) is 4.98 Å². The highest BCUT2D eigenvalue weighted by atomic mass is 32.2. The fourth-order valence-electron chi connectivity index (χ4n) is 1.32. The first-order valence-electron chi connectivity index (χ1n) is 5.76. The zero-order chi connectivity index (χ0) is 14.0. The summed E-state index contributed by atoms with van der Waals surface area (Å²) in [5.41, 5.74) is 1.24. The topological polar surface area (TPSA) is 68.3 Å². The molecule has 102 valence electrons. The van der Waals surface area contributed by atoms with E-state index in [0.717, 1.165) is 5.56 Å². The average molecular weight is 272 g/mol. The number of nitrogens with one attached hydrogen (secondary N) is 1. The molecule has 0 amide bonds. The molecule has 0 aliphatic carbocycles. The second-order valence-electron chi connectivity index (χ2n) is 4.77. The summed E-state index contributed by atoms with van der Waals surface area (Å²) in [6.07, 6.45) is 1.99. The minimum Gasteiger partial charge on any atom is -0.481 e. The third kappa shape index (κ3) is 2.93. The zero-order valence-corrected chi connectivity index (χ0v) is 12.3. The van der Waals surface area contributed by atoms with Crippen molar-refractivity contribution in [3.8, 4) is 5.88 Å². The molecule has 5 nitrogen and oxygen atoms in total. The van der Waals surface area contributed by atoms with Crippen LogP contribution in [0.3, 0.4) is 0 Å². The number of pyridine rings is 1. The summed E-state index contributed by atoms with van der Waals surface area (Å²) in [5, 5.41) is 0. The van der Waals surface area contributed by atoms with E-state index in [2.05, 4.69) is 9.71 Å². The molecule has 0 saturated heterocycles. The molecule has 0 unspecified atom stereocenters. The lowest BCUT2D eigenvalue weighted by molar-refractivity contribution is 0.395. The molecule has 1 rings (SSSR count). The molecule has 0 atom stereocenters. The van der Waals surface area contributed by atoms with Crippen molar-refractivity contribution in [1.29, 1.82) is 0 Å². The number of sulfonamides is 1. The molecule has 6 heteroatoms. The zero-order valence-electron chi connectivity index (χ0n) is 11.4. The molecule has 0 saturated carbocycles. The van der Waals surface area contributed by atoms with E-state index in [0.29, 0.717) is 18.0 Å². The standard InChI is InChI=1S/C12H20N2O3S/c1-6-12(3,4)18(15,16)14-10-7-9(2)11(17-5)13-8-10/h7-8,14H,6H2,1-5H3. The molecule has 1 heterocycles. The van der Waals surface area contributed by atoms with E-state index in [-0.39, 0.29) is 0 Å². The van der Waals surface area contributed by atoms with E-state index < -0.39 is 14.8 Å². The maximum atomic E-state index is 12.1. The normalized spacial score (nSPS) is 12.3. The minimum atomic E-state index is -3.43. The van der Waals surface area contributed by atoms with Gasteiger partial charge in [0.05, 0.1) is 23.7 Å². The van der Waals surface area contributed by atoms with Gasteiger partial charge in [-0.15, -0.1) is 0 Å². The van der Waals surface area contributed by atoms with Crippen molar-refractivity contribution in [2.24, 2.45) is 0 Å². The predicted octanol–water partition coefficient (Wildman–Crippen LogP) is 2.33. The number of hydrogen-bond acceptors (Lipinski definition) is 4. The molecule has 1 N–H and O–H groups in total. The van der Waals surface area contributed by atoms with Crippen LogP contribution in [-0.4, -0.2) is 25.3 Å². The van der Waals surface area contributed by atoms with Gasteiger partial charge in [0.15, 0.2) is 0 Å². The van der Waals surface area contributed by atoms with Gasteiger partial charge in [-0.25, -0.2) is 13.4 Å². The fourth-order valence-corrected chi connectivity index (χ4v) is 2.39. The molecule has 18 heavy (non-hydrogen) atoms. The highest BCUT2D eigenvalue weighted by Crippen LogP contribution is 2.24. The predicted molar refractivity (Wildman–Crippen MR) is 72.4 cm³/mol. The maximum Gasteiger partial charge on any atom is 0.237 e. The van der Waals surface area contributed by atoms with Gasteiger partial charge in [0, 0.05) is 5.56 Å². The minimum absolute atomic E-state index is 0.454. The highest BCUT2D eigenvalue weighted by molar-refractivity contribution is 7.94. The van der Waals surface area contributed by atoms with Crippen molar-refractivity contribution in [3.05, 3.63) is 17.8 Å². The lowest BCUT2D eigenvalue weighted by atomic mass is 10.1. The van der Waals surface area contributed by atoms with Crippen molar-refractivity contribution in [2.45, 2.75) is 38.9 Å². The molecule has 0 aliphatic heterocycles. The Morgan fingerprint density at radius 1 is 1.44 bits per heavy atom. The van der Waals surface area contributed by atoms with Gasteiger partial charge in [-0.2, -0.15) is 0 Å². The number of aromatic nitrogens is 1. The summed E-state index contributed by atoms with van der Waals surface area (Å²) in [6, 6.07) is 1.70. The maximum absolute atomic E-state index is 12.1. The SMILES string of the molecule is CCC(C)(C)S(=O)(=O)Nc1cnc(OC)c(C)c1. The summed E-state index contributed by atoms with van der Waals surface area (Å²) in [5.74, 6) is 0.493. The Labute approximate surface area is 109 Å². The number of methoxy groups -OCH3 is 1. The number of anilines is 1. The van der Waals surface area contributed by atoms with E-state index in [1.165, 1.54) is 13.3 Å². The Morgan fingerprint density at radius 3 is 2.50 bits per heavy atom. The van der Waals surface area contributed by atoms with Gasteiger partial charge in [-0.3, -0.25) is 4.72 Å². The molecule has 0 radical (unpaired) electrons. The first kappa shape index (κ1) is 14.8. The first-order valence-corrected chi connectivity index (χ1v) is 7.25. The molecule has 0 aliphatic rings. The van der Waals surface area contributed by atoms with Crippen LogP contribution in [0.1, 0.15) is 32.8 Å². The van der Waals surface area contributed by atoms with E-state index in [1.54, 1.807) is 19.9 Å². The van der Waals surface area contributed by atoms with Crippen molar-refractivity contribution >= 4 is 15.7 Å². The number of ether oxygens (including phenoxy) is 1. The summed E-state index contributed by atoms with van der Waals surface area (Å²) in [4.78, 5) is 4.04. The second-order valence-corrected chi connectivity index (χ2v) is 7.09. The van der Waals surface area contributed by atoms with Gasteiger partial charge < -0.3 is 4.74 Å². The van der Waals surface area contributed by atoms with E-state index in [1.807, 2.05) is 13.8 Å². The molecule has 1 aromatic heterocycles. The van der Waals surface area contributed by atoms with Crippen molar-refractivity contribution in [3.63, 3.8) is 0 Å². The van der Waals surface area contributed by atoms with Crippen LogP contribution in [0.25, 0.3) is 0 Å². The molecule has 0 spiro atoms. The van der Waals surface area contributed by atoms with Crippen molar-refractivity contribution < 1.29 is 13.2 Å². The first-order chi connectivity index (χ1) is 8.23. The van der Waals surface area contributed by atoms with E-state index in [4.69, 9.17) is 4.74 Å². The van der Waals surface area contributed by atoms with Crippen LogP contribution in [0.2, 0.25) is 0 Å². The third-order valence-corrected chi connectivity index (χ3v) is 5.30. The second kappa shape index (κ2) is 5.14.